The van der Waals surface area contributed by atoms with Gasteiger partial charge in [0.1, 0.15) is 5.82 Å². The van der Waals surface area contributed by atoms with Crippen LogP contribution in [0.2, 0.25) is 0 Å². The number of anilines is 1. The maximum absolute atomic E-state index is 13.0. The van der Waals surface area contributed by atoms with Gasteiger partial charge in [-0.15, -0.1) is 0 Å². The van der Waals surface area contributed by atoms with Crippen LogP contribution in [0.25, 0.3) is 0 Å². The zero-order valence-electron chi connectivity index (χ0n) is 11.0. The first-order chi connectivity index (χ1) is 9.43. The van der Waals surface area contributed by atoms with Crippen molar-refractivity contribution in [3.8, 4) is 0 Å². The zero-order chi connectivity index (χ0) is 15.1. The fraction of sp³-hybridized carbons (Fsp3) is 0.385. The third kappa shape index (κ3) is 5.26. The second kappa shape index (κ2) is 7.96. The molecule has 3 N–H and O–H groups in total. The number of hydrogen-bond acceptors (Lipinski definition) is 3. The van der Waals surface area contributed by atoms with Gasteiger partial charge >= 0.3 is 11.8 Å². The van der Waals surface area contributed by atoms with Crippen LogP contribution in [0.15, 0.2) is 22.7 Å². The Morgan fingerprint density at radius 1 is 1.40 bits per heavy atom. The summed E-state index contributed by atoms with van der Waals surface area (Å²) in [5.41, 5.74) is 0.188. The number of carbonyl (C=O) groups is 2. The van der Waals surface area contributed by atoms with E-state index in [2.05, 4.69) is 26.6 Å². The van der Waals surface area contributed by atoms with Gasteiger partial charge in [-0.1, -0.05) is 6.92 Å². The second-order valence-corrected chi connectivity index (χ2v) is 5.26. The summed E-state index contributed by atoms with van der Waals surface area (Å²) in [5, 5.41) is 13.5. The smallest absolute Gasteiger partial charge is 0.313 e. The van der Waals surface area contributed by atoms with Crippen LogP contribution in [0.1, 0.15) is 13.3 Å². The predicted octanol–water partition coefficient (Wildman–Crippen LogP) is 1.66. The molecule has 0 aliphatic heterocycles. The van der Waals surface area contributed by atoms with E-state index < -0.39 is 17.6 Å². The fourth-order valence-electron chi connectivity index (χ4n) is 1.44. The number of aliphatic hydroxyl groups is 1. The highest BCUT2D eigenvalue weighted by atomic mass is 79.9. The molecule has 0 aliphatic carbocycles. The van der Waals surface area contributed by atoms with Crippen LogP contribution in [0.5, 0.6) is 0 Å². The van der Waals surface area contributed by atoms with Crippen LogP contribution < -0.4 is 10.6 Å². The lowest BCUT2D eigenvalue weighted by Gasteiger charge is -2.11. The van der Waals surface area contributed by atoms with Crippen molar-refractivity contribution in [2.24, 2.45) is 5.92 Å². The number of amides is 2. The van der Waals surface area contributed by atoms with Crippen LogP contribution in [-0.4, -0.2) is 30.1 Å². The van der Waals surface area contributed by atoms with Gasteiger partial charge in [0.05, 0.1) is 5.69 Å². The molecule has 20 heavy (non-hydrogen) atoms. The van der Waals surface area contributed by atoms with E-state index in [-0.39, 0.29) is 24.8 Å². The van der Waals surface area contributed by atoms with E-state index in [1.54, 1.807) is 0 Å². The van der Waals surface area contributed by atoms with E-state index in [1.165, 1.54) is 12.1 Å². The Hall–Kier alpha value is -1.47. The topological polar surface area (TPSA) is 78.4 Å². The van der Waals surface area contributed by atoms with Crippen LogP contribution in [-0.2, 0) is 9.59 Å². The molecule has 1 aromatic rings. The maximum Gasteiger partial charge on any atom is 0.313 e. The van der Waals surface area contributed by atoms with Crippen molar-refractivity contribution in [2.45, 2.75) is 13.3 Å². The number of carbonyl (C=O) groups excluding carboxylic acids is 2. The van der Waals surface area contributed by atoms with Crippen molar-refractivity contribution in [2.75, 3.05) is 18.5 Å². The third-order valence-electron chi connectivity index (χ3n) is 2.62. The molecule has 0 aliphatic rings. The molecule has 110 valence electrons. The number of rotatable bonds is 5. The van der Waals surface area contributed by atoms with Crippen LogP contribution in [0, 0.1) is 11.7 Å². The lowest BCUT2D eigenvalue weighted by Crippen LogP contribution is -2.37. The first-order valence-corrected chi connectivity index (χ1v) is 6.88. The van der Waals surface area contributed by atoms with E-state index in [1.807, 2.05) is 6.92 Å². The molecule has 7 heteroatoms. The average Bonchev–Trinajstić information content (AvgIpc) is 2.40. The number of halogens is 2. The molecular weight excluding hydrogens is 331 g/mol. The van der Waals surface area contributed by atoms with Gasteiger partial charge in [-0.05, 0) is 46.5 Å². The van der Waals surface area contributed by atoms with Crippen LogP contribution in [0.4, 0.5) is 10.1 Å². The maximum atomic E-state index is 13.0. The SMILES string of the molecule is CC(CCO)CNC(=O)C(=O)Nc1cc(F)ccc1Br. The molecule has 5 nitrogen and oxygen atoms in total. The molecule has 0 saturated heterocycles. The second-order valence-electron chi connectivity index (χ2n) is 4.41. The van der Waals surface area contributed by atoms with Gasteiger partial charge in [0, 0.05) is 17.6 Å². The van der Waals surface area contributed by atoms with Crippen LogP contribution >= 0.6 is 15.9 Å². The number of aliphatic hydroxyl groups excluding tert-OH is 1. The van der Waals surface area contributed by atoms with Crippen molar-refractivity contribution in [1.29, 1.82) is 0 Å². The van der Waals surface area contributed by atoms with Crippen molar-refractivity contribution >= 4 is 33.4 Å². The minimum Gasteiger partial charge on any atom is -0.396 e. The predicted molar refractivity (Wildman–Crippen MR) is 76.6 cm³/mol. The Balaban J connectivity index is 2.53. The van der Waals surface area contributed by atoms with Gasteiger partial charge < -0.3 is 15.7 Å². The van der Waals surface area contributed by atoms with Gasteiger partial charge in [0.2, 0.25) is 0 Å². The van der Waals surface area contributed by atoms with Gasteiger partial charge in [-0.2, -0.15) is 0 Å². The van der Waals surface area contributed by atoms with Crippen molar-refractivity contribution < 1.29 is 19.1 Å². The fourth-order valence-corrected chi connectivity index (χ4v) is 1.79. The lowest BCUT2D eigenvalue weighted by atomic mass is 10.1. The molecule has 0 saturated carbocycles. The highest BCUT2D eigenvalue weighted by Crippen LogP contribution is 2.22. The van der Waals surface area contributed by atoms with Crippen molar-refractivity contribution in [1.82, 2.24) is 5.32 Å². The molecular formula is C13H16BrFN2O3. The molecule has 0 radical (unpaired) electrons. The Morgan fingerprint density at radius 2 is 2.10 bits per heavy atom. The molecule has 0 aromatic heterocycles. The summed E-state index contributed by atoms with van der Waals surface area (Å²) in [7, 11) is 0. The van der Waals surface area contributed by atoms with E-state index in [0.717, 1.165) is 6.07 Å². The summed E-state index contributed by atoms with van der Waals surface area (Å²) >= 11 is 3.15. The summed E-state index contributed by atoms with van der Waals surface area (Å²) in [5.74, 6) is -2.11. The average molecular weight is 347 g/mol. The van der Waals surface area contributed by atoms with Crippen molar-refractivity contribution in [3.63, 3.8) is 0 Å². The summed E-state index contributed by atoms with van der Waals surface area (Å²) < 4.78 is 13.5. The molecule has 1 aromatic carbocycles. The van der Waals surface area contributed by atoms with E-state index in [9.17, 15) is 14.0 Å². The Morgan fingerprint density at radius 3 is 2.75 bits per heavy atom. The molecule has 2 amide bonds. The lowest BCUT2D eigenvalue weighted by molar-refractivity contribution is -0.136. The largest absolute Gasteiger partial charge is 0.396 e. The normalized spacial score (nSPS) is 11.8. The number of benzene rings is 1. The summed E-state index contributed by atoms with van der Waals surface area (Å²) in [6.07, 6.45) is 0.539. The minimum atomic E-state index is -0.868. The summed E-state index contributed by atoms with van der Waals surface area (Å²) in [6, 6.07) is 3.78. The highest BCUT2D eigenvalue weighted by molar-refractivity contribution is 9.10. The Bertz CT molecular complexity index is 497. The third-order valence-corrected chi connectivity index (χ3v) is 3.31. The standard InChI is InChI=1S/C13H16BrFN2O3/c1-8(4-5-18)7-16-12(19)13(20)17-11-6-9(15)2-3-10(11)14/h2-3,6,8,18H,4-5,7H2,1H3,(H,16,19)(H,17,20). The Labute approximate surface area is 124 Å². The van der Waals surface area contributed by atoms with Gasteiger partial charge in [-0.3, -0.25) is 9.59 Å². The Kier molecular flexibility index (Phi) is 6.60. The molecule has 1 atom stereocenters. The van der Waals surface area contributed by atoms with Gasteiger partial charge in [0.25, 0.3) is 0 Å². The monoisotopic (exact) mass is 346 g/mol. The first kappa shape index (κ1) is 16.6. The van der Waals surface area contributed by atoms with E-state index in [0.29, 0.717) is 10.9 Å². The quantitative estimate of drug-likeness (QED) is 0.709. The van der Waals surface area contributed by atoms with Crippen LogP contribution in [0.3, 0.4) is 0 Å². The zero-order valence-corrected chi connectivity index (χ0v) is 12.5. The number of hydrogen-bond donors (Lipinski definition) is 3. The van der Waals surface area contributed by atoms with Crippen molar-refractivity contribution in [3.05, 3.63) is 28.5 Å². The first-order valence-electron chi connectivity index (χ1n) is 6.09. The van der Waals surface area contributed by atoms with E-state index >= 15 is 0 Å². The molecule has 0 bridgehead atoms. The van der Waals surface area contributed by atoms with Gasteiger partial charge in [-0.25, -0.2) is 4.39 Å². The van der Waals surface area contributed by atoms with Gasteiger partial charge in [0.15, 0.2) is 0 Å². The summed E-state index contributed by atoms with van der Waals surface area (Å²) in [6.45, 7) is 2.16. The highest BCUT2D eigenvalue weighted by Gasteiger charge is 2.16. The minimum absolute atomic E-state index is 0.0273. The molecule has 0 fully saturated rings. The molecule has 0 spiro atoms. The summed E-state index contributed by atoms with van der Waals surface area (Å²) in [4.78, 5) is 23.2. The molecule has 0 heterocycles. The van der Waals surface area contributed by atoms with E-state index in [4.69, 9.17) is 5.11 Å². The number of nitrogens with one attached hydrogen (secondary N) is 2. The molecule has 1 rings (SSSR count). The molecule has 1 unspecified atom stereocenters.